The largest absolute Gasteiger partial charge is 0.395 e. The molecule has 2 amide bonds. The quantitative estimate of drug-likeness (QED) is 0.260. The van der Waals surface area contributed by atoms with Gasteiger partial charge in [0.05, 0.1) is 28.6 Å². The minimum atomic E-state index is -4.46. The summed E-state index contributed by atoms with van der Waals surface area (Å²) in [5, 5.41) is 11.1. The maximum absolute atomic E-state index is 15.8. The highest BCUT2D eigenvalue weighted by Crippen LogP contribution is 2.34. The second-order valence-corrected chi connectivity index (χ2v) is 15.6. The third kappa shape index (κ3) is 7.19. The molecule has 1 saturated heterocycles. The van der Waals surface area contributed by atoms with E-state index >= 15 is 4.39 Å². The van der Waals surface area contributed by atoms with Gasteiger partial charge in [-0.2, -0.15) is 4.31 Å². The Labute approximate surface area is 277 Å². The minimum Gasteiger partial charge on any atom is -0.395 e. The van der Waals surface area contributed by atoms with E-state index < -0.39 is 50.1 Å². The first kappa shape index (κ1) is 34.5. The van der Waals surface area contributed by atoms with E-state index in [2.05, 4.69) is 0 Å². The number of aliphatic hydroxyl groups excluding tert-OH is 1. The van der Waals surface area contributed by atoms with Gasteiger partial charge in [0.2, 0.25) is 21.8 Å². The number of carbonyl (C=O) groups is 2. The second-order valence-electron chi connectivity index (χ2n) is 11.3. The summed E-state index contributed by atoms with van der Waals surface area (Å²) in [5.74, 6) is -2.16. The number of rotatable bonds is 10. The molecule has 14 heteroatoms. The van der Waals surface area contributed by atoms with Gasteiger partial charge in [0, 0.05) is 37.0 Å². The summed E-state index contributed by atoms with van der Waals surface area (Å²) in [6, 6.07) is 18.2. The van der Waals surface area contributed by atoms with Crippen LogP contribution in [0.4, 0.5) is 10.1 Å². The Hall–Kier alpha value is -3.88. The normalized spacial score (nSPS) is 15.7. The fourth-order valence-corrected chi connectivity index (χ4v) is 8.36. The van der Waals surface area contributed by atoms with Gasteiger partial charge in [-0.1, -0.05) is 48.0 Å². The standard InChI is InChI=1S/C33H33ClFN3O7S2/c1-36(16-17-39)32(40)21-38(47(44,45)26-13-10-22-18-25(34)12-9-23(22)19-26)30-7-5-15-37(33(30)41)29-14-11-24(20-28(29)35)27-6-3-4-8-31(27)46(2,42)43/h3-4,6,8-14,18-20,30,39H,5,7,15-17,21H2,1-2H3. The number of amides is 2. The number of benzene rings is 4. The highest BCUT2D eigenvalue weighted by Gasteiger charge is 2.42. The van der Waals surface area contributed by atoms with Gasteiger partial charge in [-0.15, -0.1) is 0 Å². The molecule has 1 aliphatic heterocycles. The molecule has 248 valence electrons. The molecular formula is C33H33ClFN3O7S2. The number of hydrogen-bond donors (Lipinski definition) is 1. The zero-order valence-corrected chi connectivity index (χ0v) is 28.0. The molecule has 1 aliphatic rings. The Balaban J connectivity index is 1.52. The predicted octanol–water partition coefficient (Wildman–Crippen LogP) is 4.34. The minimum absolute atomic E-state index is 0.0229. The van der Waals surface area contributed by atoms with Crippen LogP contribution in [-0.4, -0.2) is 88.5 Å². The van der Waals surface area contributed by atoms with Crippen LogP contribution in [0.5, 0.6) is 0 Å². The Morgan fingerprint density at radius 2 is 1.70 bits per heavy atom. The summed E-state index contributed by atoms with van der Waals surface area (Å²) in [7, 11) is -6.67. The molecule has 5 rings (SSSR count). The molecule has 47 heavy (non-hydrogen) atoms. The Morgan fingerprint density at radius 3 is 2.40 bits per heavy atom. The maximum atomic E-state index is 15.8. The van der Waals surface area contributed by atoms with Crippen molar-refractivity contribution in [2.24, 2.45) is 0 Å². The van der Waals surface area contributed by atoms with Gasteiger partial charge in [-0.25, -0.2) is 21.2 Å². The predicted molar refractivity (Wildman–Crippen MR) is 178 cm³/mol. The lowest BCUT2D eigenvalue weighted by Crippen LogP contribution is -2.56. The third-order valence-electron chi connectivity index (χ3n) is 8.13. The molecule has 0 bridgehead atoms. The van der Waals surface area contributed by atoms with Crippen LogP contribution in [-0.2, 0) is 29.4 Å². The molecule has 1 unspecified atom stereocenters. The monoisotopic (exact) mass is 701 g/mol. The van der Waals surface area contributed by atoms with Crippen molar-refractivity contribution in [3.8, 4) is 11.1 Å². The molecule has 1 N–H and O–H groups in total. The summed E-state index contributed by atoms with van der Waals surface area (Å²) in [6.07, 6.45) is 1.44. The van der Waals surface area contributed by atoms with Gasteiger partial charge in [0.25, 0.3) is 0 Å². The third-order valence-corrected chi connectivity index (χ3v) is 11.4. The van der Waals surface area contributed by atoms with Crippen molar-refractivity contribution < 1.29 is 35.9 Å². The van der Waals surface area contributed by atoms with Gasteiger partial charge in [0.1, 0.15) is 11.9 Å². The van der Waals surface area contributed by atoms with E-state index in [0.29, 0.717) is 27.8 Å². The smallest absolute Gasteiger partial charge is 0.245 e. The molecule has 0 spiro atoms. The first-order valence-corrected chi connectivity index (χ1v) is 18.4. The van der Waals surface area contributed by atoms with Crippen molar-refractivity contribution >= 4 is 59.7 Å². The number of halogens is 2. The van der Waals surface area contributed by atoms with Crippen molar-refractivity contribution in [2.45, 2.75) is 28.7 Å². The number of sulfone groups is 1. The van der Waals surface area contributed by atoms with Crippen LogP contribution in [0, 0.1) is 5.82 Å². The van der Waals surface area contributed by atoms with Crippen LogP contribution in [0.1, 0.15) is 12.8 Å². The molecule has 0 aliphatic carbocycles. The number of nitrogens with zero attached hydrogens (tertiary/aromatic N) is 3. The van der Waals surface area contributed by atoms with Crippen molar-refractivity contribution in [2.75, 3.05) is 44.4 Å². The average molecular weight is 702 g/mol. The number of anilines is 1. The van der Waals surface area contributed by atoms with Gasteiger partial charge in [-0.05, 0) is 71.6 Å². The van der Waals surface area contributed by atoms with Crippen molar-refractivity contribution in [1.29, 1.82) is 0 Å². The van der Waals surface area contributed by atoms with Crippen LogP contribution < -0.4 is 4.90 Å². The van der Waals surface area contributed by atoms with Crippen LogP contribution in [0.25, 0.3) is 21.9 Å². The van der Waals surface area contributed by atoms with Crippen molar-refractivity contribution in [1.82, 2.24) is 9.21 Å². The van der Waals surface area contributed by atoms with Crippen LogP contribution in [0.15, 0.2) is 88.7 Å². The van der Waals surface area contributed by atoms with Crippen molar-refractivity contribution in [3.63, 3.8) is 0 Å². The average Bonchev–Trinajstić information content (AvgIpc) is 3.03. The topological polar surface area (TPSA) is 132 Å². The summed E-state index contributed by atoms with van der Waals surface area (Å²) < 4.78 is 69.7. The molecular weight excluding hydrogens is 669 g/mol. The van der Waals surface area contributed by atoms with E-state index in [1.807, 2.05) is 0 Å². The lowest BCUT2D eigenvalue weighted by molar-refractivity contribution is -0.132. The number of piperidine rings is 1. The first-order chi connectivity index (χ1) is 22.2. The molecule has 0 radical (unpaired) electrons. The number of hydrogen-bond acceptors (Lipinski definition) is 7. The highest BCUT2D eigenvalue weighted by atomic mass is 35.5. The molecule has 0 aromatic heterocycles. The molecule has 0 saturated carbocycles. The number of likely N-dealkylation sites (N-methyl/N-ethyl adjacent to an activating group) is 1. The van der Waals surface area contributed by atoms with E-state index in [0.717, 1.165) is 21.5 Å². The van der Waals surface area contributed by atoms with Gasteiger partial charge in [0.15, 0.2) is 9.84 Å². The van der Waals surface area contributed by atoms with E-state index in [1.165, 1.54) is 42.3 Å². The molecule has 10 nitrogen and oxygen atoms in total. The fourth-order valence-electron chi connectivity index (χ4n) is 5.67. The summed E-state index contributed by atoms with van der Waals surface area (Å²) in [5.41, 5.74) is 0.472. The van der Waals surface area contributed by atoms with Gasteiger partial charge >= 0.3 is 0 Å². The zero-order valence-electron chi connectivity index (χ0n) is 25.6. The Kier molecular flexibility index (Phi) is 10.0. The Bertz CT molecular complexity index is 2080. The second kappa shape index (κ2) is 13.7. The number of carbonyl (C=O) groups excluding carboxylic acids is 2. The number of fused-ring (bicyclic) bond motifs is 1. The molecule has 1 heterocycles. The highest BCUT2D eigenvalue weighted by molar-refractivity contribution is 7.90. The number of sulfonamides is 1. The van der Waals surface area contributed by atoms with Crippen LogP contribution in [0.3, 0.4) is 0 Å². The molecule has 1 fully saturated rings. The van der Waals surface area contributed by atoms with E-state index in [1.54, 1.807) is 42.5 Å². The molecule has 1 atom stereocenters. The van der Waals surface area contributed by atoms with Crippen molar-refractivity contribution in [3.05, 3.63) is 89.7 Å². The maximum Gasteiger partial charge on any atom is 0.245 e. The molecule has 4 aromatic rings. The van der Waals surface area contributed by atoms with E-state index in [-0.39, 0.29) is 47.2 Å². The fraction of sp³-hybridized carbons (Fsp3) is 0.273. The SMILES string of the molecule is CN(CCO)C(=O)CN(C1CCCN(c2ccc(-c3ccccc3S(C)(=O)=O)cc2F)C1=O)S(=O)(=O)c1ccc2cc(Cl)ccc2c1. The molecule has 4 aromatic carbocycles. The van der Waals surface area contributed by atoms with E-state index in [4.69, 9.17) is 11.6 Å². The van der Waals surface area contributed by atoms with E-state index in [9.17, 15) is 31.5 Å². The summed E-state index contributed by atoms with van der Waals surface area (Å²) >= 11 is 6.09. The first-order valence-electron chi connectivity index (χ1n) is 14.7. The summed E-state index contributed by atoms with van der Waals surface area (Å²) in [4.78, 5) is 29.4. The Morgan fingerprint density at radius 1 is 1.00 bits per heavy atom. The van der Waals surface area contributed by atoms with Crippen LogP contribution in [0.2, 0.25) is 5.02 Å². The zero-order chi connectivity index (χ0) is 34.1. The number of aliphatic hydroxyl groups is 1. The summed E-state index contributed by atoms with van der Waals surface area (Å²) in [6.45, 7) is -0.990. The van der Waals surface area contributed by atoms with Gasteiger partial charge < -0.3 is 14.9 Å². The van der Waals surface area contributed by atoms with Gasteiger partial charge in [-0.3, -0.25) is 9.59 Å². The van der Waals surface area contributed by atoms with Crippen LogP contribution >= 0.6 is 11.6 Å². The lowest BCUT2D eigenvalue weighted by atomic mass is 10.0. The lowest BCUT2D eigenvalue weighted by Gasteiger charge is -2.38.